The number of rotatable bonds is 5. The first kappa shape index (κ1) is 19.6. The van der Waals surface area contributed by atoms with Gasteiger partial charge >= 0.3 is 0 Å². The number of hydrogen-bond donors (Lipinski definition) is 1. The van der Waals surface area contributed by atoms with Crippen LogP contribution >= 0.6 is 11.6 Å². The van der Waals surface area contributed by atoms with Crippen LogP contribution in [0.15, 0.2) is 30.3 Å². The molecule has 27 heavy (non-hydrogen) atoms. The van der Waals surface area contributed by atoms with Crippen molar-refractivity contribution in [3.8, 4) is 0 Å². The van der Waals surface area contributed by atoms with Crippen molar-refractivity contribution in [2.24, 2.45) is 0 Å². The Hall–Kier alpha value is -2.18. The van der Waals surface area contributed by atoms with Crippen molar-refractivity contribution < 1.29 is 9.53 Å². The molecule has 1 amide bonds. The fraction of sp³-hybridized carbons (Fsp3) is 0.450. The van der Waals surface area contributed by atoms with Crippen LogP contribution in [0.3, 0.4) is 0 Å². The third-order valence-corrected chi connectivity index (χ3v) is 4.62. The van der Waals surface area contributed by atoms with Crippen LogP contribution < -0.4 is 10.2 Å². The maximum atomic E-state index is 12.9. The van der Waals surface area contributed by atoms with Crippen LogP contribution in [0.4, 0.5) is 11.5 Å². The number of carbonyl (C=O) groups is 1. The number of anilines is 2. The molecule has 0 bridgehead atoms. The molecule has 0 saturated carbocycles. The largest absolute Gasteiger partial charge is 0.378 e. The van der Waals surface area contributed by atoms with E-state index in [9.17, 15) is 4.79 Å². The molecule has 2 aromatic rings. The zero-order chi connectivity index (χ0) is 19.6. The third-order valence-electron chi connectivity index (χ3n) is 4.39. The molecule has 6 nitrogen and oxygen atoms in total. The molecule has 1 aliphatic rings. The smallest absolute Gasteiger partial charge is 0.249 e. The average Bonchev–Trinajstić information content (AvgIpc) is 2.95. The van der Waals surface area contributed by atoms with Crippen LogP contribution in [-0.4, -0.2) is 35.6 Å². The molecule has 1 aromatic heterocycles. The van der Waals surface area contributed by atoms with Gasteiger partial charge < -0.3 is 15.0 Å². The average molecular weight is 389 g/mol. The minimum atomic E-state index is -0.331. The quantitative estimate of drug-likeness (QED) is 0.843. The van der Waals surface area contributed by atoms with Crippen LogP contribution in [0, 0.1) is 0 Å². The standard InChI is InChI=1S/C20H25ClN4O2/c1-20(2,3)19-22-14(12-27-4)11-17(24-19)23-16-8-9-25(18(16)26)15-7-5-6-13(21)10-15/h5-7,10-11,16H,8-9,12H2,1-4H3,(H,22,23,24). The molecule has 1 aromatic carbocycles. The van der Waals surface area contributed by atoms with Crippen LogP contribution in [0.2, 0.25) is 5.02 Å². The van der Waals surface area contributed by atoms with E-state index in [1.807, 2.05) is 18.2 Å². The number of amides is 1. The molecule has 144 valence electrons. The van der Waals surface area contributed by atoms with Crippen molar-refractivity contribution in [3.63, 3.8) is 0 Å². The Morgan fingerprint density at radius 1 is 1.30 bits per heavy atom. The second-order valence-electron chi connectivity index (χ2n) is 7.71. The summed E-state index contributed by atoms with van der Waals surface area (Å²) in [6.07, 6.45) is 0.694. The second-order valence-corrected chi connectivity index (χ2v) is 8.14. The molecule has 1 unspecified atom stereocenters. The van der Waals surface area contributed by atoms with Crippen molar-refractivity contribution in [1.29, 1.82) is 0 Å². The molecular weight excluding hydrogens is 364 g/mol. The number of nitrogens with zero attached hydrogens (tertiary/aromatic N) is 3. The monoisotopic (exact) mass is 388 g/mol. The Morgan fingerprint density at radius 3 is 2.74 bits per heavy atom. The van der Waals surface area contributed by atoms with Gasteiger partial charge in [-0.2, -0.15) is 0 Å². The van der Waals surface area contributed by atoms with Gasteiger partial charge in [0.15, 0.2) is 0 Å². The van der Waals surface area contributed by atoms with Crippen LogP contribution in [0.5, 0.6) is 0 Å². The Bertz CT molecular complexity index is 835. The van der Waals surface area contributed by atoms with E-state index in [4.69, 9.17) is 16.3 Å². The van der Waals surface area contributed by atoms with E-state index in [2.05, 4.69) is 36.1 Å². The first-order valence-electron chi connectivity index (χ1n) is 8.99. The Kier molecular flexibility index (Phi) is 5.67. The normalized spacial score (nSPS) is 17.4. The summed E-state index contributed by atoms with van der Waals surface area (Å²) < 4.78 is 5.22. The number of hydrogen-bond acceptors (Lipinski definition) is 5. The SMILES string of the molecule is COCc1cc(NC2CCN(c3cccc(Cl)c3)C2=O)nc(C(C)(C)C)n1. The number of ether oxygens (including phenoxy) is 1. The number of benzene rings is 1. The molecule has 1 atom stereocenters. The molecule has 0 aliphatic carbocycles. The highest BCUT2D eigenvalue weighted by Crippen LogP contribution is 2.27. The van der Waals surface area contributed by atoms with Gasteiger partial charge in [0.1, 0.15) is 17.7 Å². The maximum Gasteiger partial charge on any atom is 0.249 e. The van der Waals surface area contributed by atoms with Crippen molar-refractivity contribution in [1.82, 2.24) is 9.97 Å². The lowest BCUT2D eigenvalue weighted by Gasteiger charge is -2.21. The Labute approximate surface area is 164 Å². The van der Waals surface area contributed by atoms with Gasteiger partial charge in [-0.15, -0.1) is 0 Å². The van der Waals surface area contributed by atoms with Gasteiger partial charge in [0.05, 0.1) is 12.3 Å². The van der Waals surface area contributed by atoms with E-state index in [1.54, 1.807) is 24.1 Å². The second kappa shape index (κ2) is 7.82. The van der Waals surface area contributed by atoms with Crippen LogP contribution in [-0.2, 0) is 21.6 Å². The number of methoxy groups -OCH3 is 1. The van der Waals surface area contributed by atoms with Gasteiger partial charge in [0.2, 0.25) is 5.91 Å². The predicted molar refractivity (Wildman–Crippen MR) is 107 cm³/mol. The lowest BCUT2D eigenvalue weighted by atomic mass is 9.95. The third kappa shape index (κ3) is 4.57. The molecule has 1 aliphatic heterocycles. The number of halogens is 1. The highest BCUT2D eigenvalue weighted by molar-refractivity contribution is 6.31. The van der Waals surface area contributed by atoms with Gasteiger partial charge in [-0.3, -0.25) is 4.79 Å². The van der Waals surface area contributed by atoms with Crippen molar-refractivity contribution >= 4 is 29.0 Å². The topological polar surface area (TPSA) is 67.3 Å². The first-order chi connectivity index (χ1) is 12.8. The summed E-state index contributed by atoms with van der Waals surface area (Å²) in [5.74, 6) is 1.38. The summed E-state index contributed by atoms with van der Waals surface area (Å²) in [7, 11) is 1.63. The molecule has 3 rings (SSSR count). The highest BCUT2D eigenvalue weighted by Gasteiger charge is 2.33. The Morgan fingerprint density at radius 2 is 2.07 bits per heavy atom. The first-order valence-corrected chi connectivity index (χ1v) is 9.36. The Balaban J connectivity index is 1.81. The maximum absolute atomic E-state index is 12.9. The van der Waals surface area contributed by atoms with E-state index >= 15 is 0 Å². The van der Waals surface area contributed by atoms with Crippen LogP contribution in [0.1, 0.15) is 38.7 Å². The minimum absolute atomic E-state index is 0.0153. The summed E-state index contributed by atoms with van der Waals surface area (Å²) in [6, 6.07) is 8.86. The highest BCUT2D eigenvalue weighted by atomic mass is 35.5. The summed E-state index contributed by atoms with van der Waals surface area (Å²) in [6.45, 7) is 7.21. The number of aromatic nitrogens is 2. The van der Waals surface area contributed by atoms with E-state index in [1.165, 1.54) is 0 Å². The lowest BCUT2D eigenvalue weighted by Crippen LogP contribution is -2.34. The van der Waals surface area contributed by atoms with Crippen molar-refractivity contribution in [3.05, 3.63) is 46.9 Å². The molecular formula is C20H25ClN4O2. The van der Waals surface area contributed by atoms with E-state index in [-0.39, 0.29) is 17.4 Å². The van der Waals surface area contributed by atoms with E-state index in [0.29, 0.717) is 30.4 Å². The fourth-order valence-corrected chi connectivity index (χ4v) is 3.21. The van der Waals surface area contributed by atoms with Gasteiger partial charge in [0, 0.05) is 35.8 Å². The molecule has 1 saturated heterocycles. The zero-order valence-corrected chi connectivity index (χ0v) is 16.9. The number of nitrogens with one attached hydrogen (secondary N) is 1. The van der Waals surface area contributed by atoms with Crippen molar-refractivity contribution in [2.45, 2.75) is 45.3 Å². The predicted octanol–water partition coefficient (Wildman–Crippen LogP) is 3.79. The van der Waals surface area contributed by atoms with Gasteiger partial charge in [0.25, 0.3) is 0 Å². The van der Waals surface area contributed by atoms with E-state index in [0.717, 1.165) is 17.2 Å². The summed E-state index contributed by atoms with van der Waals surface area (Å²) in [5.41, 5.74) is 1.40. The molecule has 1 fully saturated rings. The fourth-order valence-electron chi connectivity index (χ4n) is 3.02. The van der Waals surface area contributed by atoms with Gasteiger partial charge in [-0.25, -0.2) is 9.97 Å². The lowest BCUT2D eigenvalue weighted by molar-refractivity contribution is -0.117. The summed E-state index contributed by atoms with van der Waals surface area (Å²) >= 11 is 6.06. The molecule has 1 N–H and O–H groups in total. The molecule has 2 heterocycles. The van der Waals surface area contributed by atoms with Crippen molar-refractivity contribution in [2.75, 3.05) is 23.9 Å². The van der Waals surface area contributed by atoms with E-state index < -0.39 is 0 Å². The number of carbonyl (C=O) groups excluding carboxylic acids is 1. The zero-order valence-electron chi connectivity index (χ0n) is 16.1. The van der Waals surface area contributed by atoms with Gasteiger partial charge in [-0.05, 0) is 24.6 Å². The van der Waals surface area contributed by atoms with Crippen LogP contribution in [0.25, 0.3) is 0 Å². The molecule has 0 radical (unpaired) electrons. The van der Waals surface area contributed by atoms with Gasteiger partial charge in [-0.1, -0.05) is 38.4 Å². The minimum Gasteiger partial charge on any atom is -0.378 e. The molecule has 7 heteroatoms. The molecule has 0 spiro atoms. The summed E-state index contributed by atoms with van der Waals surface area (Å²) in [4.78, 5) is 23.8. The summed E-state index contributed by atoms with van der Waals surface area (Å²) in [5, 5.41) is 3.90.